The van der Waals surface area contributed by atoms with Crippen molar-refractivity contribution >= 4 is 39.4 Å². The van der Waals surface area contributed by atoms with Crippen molar-refractivity contribution in [3.8, 4) is 5.69 Å². The van der Waals surface area contributed by atoms with Gasteiger partial charge in [0.1, 0.15) is 17.4 Å². The second-order valence-corrected chi connectivity index (χ2v) is 8.95. The molecule has 2 aromatic heterocycles. The van der Waals surface area contributed by atoms with Gasteiger partial charge in [0.2, 0.25) is 5.43 Å². The number of nitrogens with two attached hydrogens (primary N) is 1. The van der Waals surface area contributed by atoms with Crippen LogP contribution in [0.3, 0.4) is 0 Å². The molecule has 2 N–H and O–H groups in total. The van der Waals surface area contributed by atoms with Gasteiger partial charge in [0, 0.05) is 50.1 Å². The Morgan fingerprint density at radius 2 is 1.49 bits per heavy atom. The van der Waals surface area contributed by atoms with Gasteiger partial charge in [-0.1, -0.05) is 36.4 Å². The van der Waals surface area contributed by atoms with Crippen molar-refractivity contribution in [3.63, 3.8) is 0 Å². The minimum absolute atomic E-state index is 0.0413. The molecule has 3 aromatic carbocycles. The zero-order valence-corrected chi connectivity index (χ0v) is 20.5. The van der Waals surface area contributed by atoms with Crippen molar-refractivity contribution in [1.82, 2.24) is 14.4 Å². The molecule has 8 heteroatoms. The third-order valence-electron chi connectivity index (χ3n) is 6.47. The first kappa shape index (κ1) is 23.9. The van der Waals surface area contributed by atoms with Crippen LogP contribution in [0.25, 0.3) is 27.6 Å². The Hall–Kier alpha value is -4.85. The van der Waals surface area contributed by atoms with Crippen LogP contribution >= 0.6 is 0 Å². The Bertz CT molecular complexity index is 1700. The van der Waals surface area contributed by atoms with E-state index in [-0.39, 0.29) is 30.0 Å². The smallest absolute Gasteiger partial charge is 0.260 e. The van der Waals surface area contributed by atoms with Gasteiger partial charge >= 0.3 is 0 Å². The summed E-state index contributed by atoms with van der Waals surface area (Å²) < 4.78 is 7.43. The number of benzene rings is 3. The second-order valence-electron chi connectivity index (χ2n) is 8.95. The number of fused-ring (bicyclic) bond motifs is 2. The summed E-state index contributed by atoms with van der Waals surface area (Å²) in [6, 6.07) is 22.0. The van der Waals surface area contributed by atoms with Crippen molar-refractivity contribution < 1.29 is 14.0 Å². The number of nitrogens with zero attached hydrogens (tertiary/aromatic N) is 3. The van der Waals surface area contributed by atoms with E-state index >= 15 is 0 Å². The number of amides is 2. The van der Waals surface area contributed by atoms with E-state index in [1.807, 2.05) is 59.3 Å². The second kappa shape index (κ2) is 9.66. The zero-order chi connectivity index (χ0) is 26.1. The summed E-state index contributed by atoms with van der Waals surface area (Å²) in [5.41, 5.74) is 8.91. The summed E-state index contributed by atoms with van der Waals surface area (Å²) in [7, 11) is 3.29. The van der Waals surface area contributed by atoms with Crippen LogP contribution in [0.15, 0.2) is 94.5 Å². The lowest BCUT2D eigenvalue weighted by Crippen LogP contribution is -2.38. The number of carbonyl (C=O) groups excluding carboxylic acids is 2. The molecule has 8 nitrogen and oxygen atoms in total. The molecule has 0 unspecified atom stereocenters. The lowest BCUT2D eigenvalue weighted by Gasteiger charge is -2.22. The highest BCUT2D eigenvalue weighted by atomic mass is 16.3. The molecule has 2 heterocycles. The summed E-state index contributed by atoms with van der Waals surface area (Å²) in [4.78, 5) is 42.2. The molecule has 0 fully saturated rings. The molecule has 0 bridgehead atoms. The van der Waals surface area contributed by atoms with E-state index in [1.165, 1.54) is 11.2 Å². The van der Waals surface area contributed by atoms with Crippen molar-refractivity contribution in [1.29, 1.82) is 0 Å². The van der Waals surface area contributed by atoms with E-state index in [0.29, 0.717) is 22.2 Å². The molecule has 0 atom stereocenters. The normalized spacial score (nSPS) is 11.1. The zero-order valence-electron chi connectivity index (χ0n) is 20.5. The number of hydrogen-bond donors (Lipinski definition) is 1. The molecule has 5 rings (SSSR count). The van der Waals surface area contributed by atoms with E-state index in [9.17, 15) is 14.4 Å². The third-order valence-corrected chi connectivity index (χ3v) is 6.47. The van der Waals surface area contributed by atoms with E-state index in [4.69, 9.17) is 10.2 Å². The number of rotatable bonds is 6. The molecule has 0 aliphatic heterocycles. The summed E-state index contributed by atoms with van der Waals surface area (Å²) in [6.45, 7) is 0.513. The topological polar surface area (TPSA) is 102 Å². The maximum Gasteiger partial charge on any atom is 0.260 e. The lowest BCUT2D eigenvalue weighted by molar-refractivity contribution is 0.0718. The Morgan fingerprint density at radius 1 is 0.838 bits per heavy atom. The Morgan fingerprint density at radius 3 is 2.22 bits per heavy atom. The maximum atomic E-state index is 13.4. The minimum atomic E-state index is -0.460. The summed E-state index contributed by atoms with van der Waals surface area (Å²) in [6.07, 6.45) is 3.01. The first-order valence-corrected chi connectivity index (χ1v) is 11.8. The van der Waals surface area contributed by atoms with Gasteiger partial charge in [-0.3, -0.25) is 14.4 Å². The monoisotopic (exact) mass is 494 g/mol. The molecule has 0 aliphatic carbocycles. The highest BCUT2D eigenvalue weighted by Crippen LogP contribution is 2.26. The van der Waals surface area contributed by atoms with E-state index in [2.05, 4.69) is 0 Å². The standard InChI is InChI=1S/C29H26N4O4/c1-31(14-15-32(2)29(36)24-18-37-26-13-6-4-11-22(26)27(24)34)28(35)23-17-33(20-9-7-8-19(30)16-20)25-12-5-3-10-21(23)25/h3-13,16-18H,14-15,30H2,1-2H3. The maximum absolute atomic E-state index is 13.4. The van der Waals surface area contributed by atoms with Crippen LogP contribution < -0.4 is 11.2 Å². The Kier molecular flexibility index (Phi) is 6.23. The van der Waals surface area contributed by atoms with Crippen molar-refractivity contribution in [3.05, 3.63) is 107 Å². The van der Waals surface area contributed by atoms with Gasteiger partial charge in [-0.05, 0) is 36.4 Å². The molecule has 0 aliphatic rings. The van der Waals surface area contributed by atoms with Crippen molar-refractivity contribution in [2.75, 3.05) is 32.9 Å². The number of carbonyl (C=O) groups is 2. The number of para-hydroxylation sites is 2. The molecule has 0 radical (unpaired) electrons. The fourth-order valence-electron chi connectivity index (χ4n) is 4.38. The first-order chi connectivity index (χ1) is 17.8. The predicted molar refractivity (Wildman–Crippen MR) is 144 cm³/mol. The summed E-state index contributed by atoms with van der Waals surface area (Å²) >= 11 is 0. The predicted octanol–water partition coefficient (Wildman–Crippen LogP) is 4.16. The van der Waals surface area contributed by atoms with Gasteiger partial charge in [0.05, 0.1) is 16.5 Å². The van der Waals surface area contributed by atoms with Crippen molar-refractivity contribution in [2.24, 2.45) is 0 Å². The SMILES string of the molecule is CN(CCN(C)C(=O)c1cn(-c2cccc(N)c2)c2ccccc12)C(=O)c1coc2ccccc2c1=O. The highest BCUT2D eigenvalue weighted by Gasteiger charge is 2.22. The number of likely N-dealkylation sites (N-methyl/N-ethyl adjacent to an activating group) is 2. The number of nitrogen functional groups attached to an aromatic ring is 1. The van der Waals surface area contributed by atoms with Gasteiger partial charge in [-0.15, -0.1) is 0 Å². The average Bonchev–Trinajstić information content (AvgIpc) is 3.31. The van der Waals surface area contributed by atoms with Gasteiger partial charge in [-0.2, -0.15) is 0 Å². The molecule has 186 valence electrons. The van der Waals surface area contributed by atoms with Crippen LogP contribution in [-0.2, 0) is 0 Å². The van der Waals surface area contributed by atoms with Crippen molar-refractivity contribution in [2.45, 2.75) is 0 Å². The molecular formula is C29H26N4O4. The van der Waals surface area contributed by atoms with Gasteiger partial charge in [-0.25, -0.2) is 0 Å². The summed E-state index contributed by atoms with van der Waals surface area (Å²) in [5, 5.41) is 1.17. The molecule has 5 aromatic rings. The van der Waals surface area contributed by atoms with Gasteiger partial charge in [0.15, 0.2) is 0 Å². The molecule has 37 heavy (non-hydrogen) atoms. The van der Waals surface area contributed by atoms with Crippen LogP contribution in [0, 0.1) is 0 Å². The van der Waals surface area contributed by atoms with E-state index in [1.54, 1.807) is 43.3 Å². The fraction of sp³-hybridized carbons (Fsp3) is 0.138. The molecule has 0 saturated heterocycles. The quantitative estimate of drug-likeness (QED) is 0.357. The summed E-state index contributed by atoms with van der Waals surface area (Å²) in [5.74, 6) is -0.636. The van der Waals surface area contributed by atoms with Crippen LogP contribution in [-0.4, -0.2) is 53.4 Å². The number of aromatic nitrogens is 1. The molecule has 0 spiro atoms. The fourth-order valence-corrected chi connectivity index (χ4v) is 4.38. The Labute approximate surface area is 213 Å². The number of hydrogen-bond acceptors (Lipinski definition) is 5. The van der Waals surface area contributed by atoms with E-state index in [0.717, 1.165) is 16.6 Å². The average molecular weight is 495 g/mol. The van der Waals surface area contributed by atoms with Crippen LogP contribution in [0.1, 0.15) is 20.7 Å². The molecule has 2 amide bonds. The minimum Gasteiger partial charge on any atom is -0.463 e. The lowest BCUT2D eigenvalue weighted by atomic mass is 10.1. The van der Waals surface area contributed by atoms with Crippen LogP contribution in [0.4, 0.5) is 5.69 Å². The van der Waals surface area contributed by atoms with Crippen LogP contribution in [0.5, 0.6) is 0 Å². The first-order valence-electron chi connectivity index (χ1n) is 11.8. The van der Waals surface area contributed by atoms with Gasteiger partial charge in [0.25, 0.3) is 11.8 Å². The van der Waals surface area contributed by atoms with Gasteiger partial charge < -0.3 is 24.5 Å². The molecular weight excluding hydrogens is 468 g/mol. The number of anilines is 1. The van der Waals surface area contributed by atoms with E-state index < -0.39 is 5.91 Å². The highest BCUT2D eigenvalue weighted by molar-refractivity contribution is 6.07. The molecule has 0 saturated carbocycles. The largest absolute Gasteiger partial charge is 0.463 e. The van der Waals surface area contributed by atoms with Crippen LogP contribution in [0.2, 0.25) is 0 Å². The Balaban J connectivity index is 1.34. The third kappa shape index (κ3) is 4.45.